The van der Waals surface area contributed by atoms with Gasteiger partial charge in [-0.2, -0.15) is 0 Å². The molecule has 23 heavy (non-hydrogen) atoms. The lowest BCUT2D eigenvalue weighted by molar-refractivity contribution is -0.115. The van der Waals surface area contributed by atoms with Gasteiger partial charge in [-0.05, 0) is 46.6 Å². The lowest BCUT2D eigenvalue weighted by atomic mass is 10.1. The number of amides is 1. The first-order valence-electron chi connectivity index (χ1n) is 7.14. The maximum atomic E-state index is 14.0. The Bertz CT molecular complexity index is 895. The Morgan fingerprint density at radius 3 is 2.83 bits per heavy atom. The van der Waals surface area contributed by atoms with Gasteiger partial charge in [0.25, 0.3) is 0 Å². The molecular formula is C18H14BrFN2O. The third-order valence-corrected chi connectivity index (χ3v) is 4.11. The van der Waals surface area contributed by atoms with Crippen molar-refractivity contribution >= 4 is 38.4 Å². The monoisotopic (exact) mass is 372 g/mol. The summed E-state index contributed by atoms with van der Waals surface area (Å²) in [6.45, 7) is 1.87. The van der Waals surface area contributed by atoms with Crippen molar-refractivity contribution in [3.05, 3.63) is 70.1 Å². The smallest absolute Gasteiger partial charge is 0.228 e. The highest BCUT2D eigenvalue weighted by molar-refractivity contribution is 9.10. The van der Waals surface area contributed by atoms with Crippen LogP contribution < -0.4 is 5.32 Å². The summed E-state index contributed by atoms with van der Waals surface area (Å²) in [5.74, 6) is -0.670. The molecule has 116 valence electrons. The maximum Gasteiger partial charge on any atom is 0.228 e. The van der Waals surface area contributed by atoms with E-state index in [1.54, 1.807) is 18.2 Å². The number of nitrogens with zero attached hydrogens (tertiary/aromatic N) is 1. The standard InChI is InChI=1S/C18H14BrFN2O/c1-11-9-16(13-6-2-3-8-15(13)21-11)22-17(23)10-12-5-4-7-14(19)18(12)20/h2-9H,10H2,1H3,(H,21,22,23). The summed E-state index contributed by atoms with van der Waals surface area (Å²) in [7, 11) is 0. The van der Waals surface area contributed by atoms with Gasteiger partial charge in [-0.25, -0.2) is 4.39 Å². The average molecular weight is 373 g/mol. The number of fused-ring (bicyclic) bond motifs is 1. The predicted octanol–water partition coefficient (Wildman–Crippen LogP) is 4.63. The Morgan fingerprint density at radius 1 is 1.22 bits per heavy atom. The third kappa shape index (κ3) is 3.40. The molecule has 0 unspecified atom stereocenters. The molecule has 1 N–H and O–H groups in total. The van der Waals surface area contributed by atoms with E-state index in [0.29, 0.717) is 15.7 Å². The molecule has 0 saturated heterocycles. The lowest BCUT2D eigenvalue weighted by Gasteiger charge is -2.10. The number of hydrogen-bond acceptors (Lipinski definition) is 2. The fraction of sp³-hybridized carbons (Fsp3) is 0.111. The molecular weight excluding hydrogens is 359 g/mol. The molecule has 0 bridgehead atoms. The molecule has 0 atom stereocenters. The Morgan fingerprint density at radius 2 is 2.00 bits per heavy atom. The first-order chi connectivity index (χ1) is 11.0. The van der Waals surface area contributed by atoms with Crippen LogP contribution in [0.25, 0.3) is 10.9 Å². The van der Waals surface area contributed by atoms with Crippen LogP contribution in [0.4, 0.5) is 10.1 Å². The highest BCUT2D eigenvalue weighted by Gasteiger charge is 2.12. The second-order valence-electron chi connectivity index (χ2n) is 5.27. The Labute approximate surface area is 141 Å². The van der Waals surface area contributed by atoms with Gasteiger partial charge in [0, 0.05) is 11.1 Å². The molecule has 3 rings (SSSR count). The van der Waals surface area contributed by atoms with Crippen molar-refractivity contribution in [2.75, 3.05) is 5.32 Å². The minimum Gasteiger partial charge on any atom is -0.325 e. The number of carbonyl (C=O) groups is 1. The van der Waals surface area contributed by atoms with Gasteiger partial charge in [0.1, 0.15) is 5.82 Å². The van der Waals surface area contributed by atoms with Gasteiger partial charge < -0.3 is 5.32 Å². The van der Waals surface area contributed by atoms with E-state index in [9.17, 15) is 9.18 Å². The minimum absolute atomic E-state index is 0.0268. The summed E-state index contributed by atoms with van der Waals surface area (Å²) in [6, 6.07) is 14.3. The number of pyridine rings is 1. The van der Waals surface area contributed by atoms with Crippen molar-refractivity contribution in [3.8, 4) is 0 Å². The van der Waals surface area contributed by atoms with E-state index in [0.717, 1.165) is 16.6 Å². The second kappa shape index (κ2) is 6.46. The number of nitrogens with one attached hydrogen (secondary N) is 1. The molecule has 0 spiro atoms. The summed E-state index contributed by atoms with van der Waals surface area (Å²) in [5, 5.41) is 3.72. The van der Waals surface area contributed by atoms with Crippen LogP contribution in [-0.2, 0) is 11.2 Å². The van der Waals surface area contributed by atoms with Gasteiger partial charge in [0.2, 0.25) is 5.91 Å². The highest BCUT2D eigenvalue weighted by atomic mass is 79.9. The first-order valence-corrected chi connectivity index (χ1v) is 7.93. The summed E-state index contributed by atoms with van der Waals surface area (Å²) in [5.41, 5.74) is 2.67. The number of halogens is 2. The predicted molar refractivity (Wildman–Crippen MR) is 92.9 cm³/mol. The van der Waals surface area contributed by atoms with Crippen molar-refractivity contribution in [1.29, 1.82) is 0 Å². The van der Waals surface area contributed by atoms with E-state index in [2.05, 4.69) is 26.2 Å². The third-order valence-electron chi connectivity index (χ3n) is 3.50. The largest absolute Gasteiger partial charge is 0.325 e. The van der Waals surface area contributed by atoms with Crippen LogP contribution in [-0.4, -0.2) is 10.9 Å². The van der Waals surface area contributed by atoms with Crippen molar-refractivity contribution in [2.24, 2.45) is 0 Å². The number of rotatable bonds is 3. The fourth-order valence-corrected chi connectivity index (χ4v) is 2.87. The Kier molecular flexibility index (Phi) is 4.39. The van der Waals surface area contributed by atoms with Crippen LogP contribution in [0.5, 0.6) is 0 Å². The number of aryl methyl sites for hydroxylation is 1. The SMILES string of the molecule is Cc1cc(NC(=O)Cc2cccc(Br)c2F)c2ccccc2n1. The first kappa shape index (κ1) is 15.6. The van der Waals surface area contributed by atoms with Crippen molar-refractivity contribution in [3.63, 3.8) is 0 Å². The number of carbonyl (C=O) groups excluding carboxylic acids is 1. The molecule has 0 aliphatic heterocycles. The van der Waals surface area contributed by atoms with Gasteiger partial charge in [0.15, 0.2) is 0 Å². The van der Waals surface area contributed by atoms with Crippen LogP contribution >= 0.6 is 15.9 Å². The normalized spacial score (nSPS) is 10.7. The summed E-state index contributed by atoms with van der Waals surface area (Å²) in [4.78, 5) is 16.7. The molecule has 0 saturated carbocycles. The maximum absolute atomic E-state index is 14.0. The minimum atomic E-state index is -0.404. The molecule has 0 aliphatic rings. The number of anilines is 1. The topological polar surface area (TPSA) is 42.0 Å². The molecule has 0 radical (unpaired) electrons. The highest BCUT2D eigenvalue weighted by Crippen LogP contribution is 2.24. The van der Waals surface area contributed by atoms with E-state index in [4.69, 9.17) is 0 Å². The van der Waals surface area contributed by atoms with Crippen molar-refractivity contribution in [2.45, 2.75) is 13.3 Å². The van der Waals surface area contributed by atoms with E-state index in [-0.39, 0.29) is 12.3 Å². The summed E-state index contributed by atoms with van der Waals surface area (Å²) in [6.07, 6.45) is -0.0268. The molecule has 1 heterocycles. The van der Waals surface area contributed by atoms with Gasteiger partial charge >= 0.3 is 0 Å². The van der Waals surface area contributed by atoms with E-state index in [1.165, 1.54) is 0 Å². The Balaban J connectivity index is 1.87. The van der Waals surface area contributed by atoms with Crippen molar-refractivity contribution in [1.82, 2.24) is 4.98 Å². The molecule has 2 aromatic carbocycles. The molecule has 3 aromatic rings. The van der Waals surface area contributed by atoms with Gasteiger partial charge in [-0.15, -0.1) is 0 Å². The second-order valence-corrected chi connectivity index (χ2v) is 6.12. The molecule has 1 aromatic heterocycles. The zero-order valence-electron chi connectivity index (χ0n) is 12.4. The molecule has 1 amide bonds. The van der Waals surface area contributed by atoms with Crippen LogP contribution in [0.1, 0.15) is 11.3 Å². The van der Waals surface area contributed by atoms with Gasteiger partial charge in [-0.1, -0.05) is 30.3 Å². The molecule has 0 aliphatic carbocycles. The van der Waals surface area contributed by atoms with Crippen LogP contribution in [0, 0.1) is 12.7 Å². The van der Waals surface area contributed by atoms with Crippen LogP contribution in [0.3, 0.4) is 0 Å². The summed E-state index contributed by atoms with van der Waals surface area (Å²) >= 11 is 3.13. The average Bonchev–Trinajstić information content (AvgIpc) is 2.51. The lowest BCUT2D eigenvalue weighted by Crippen LogP contribution is -2.16. The zero-order valence-corrected chi connectivity index (χ0v) is 14.0. The van der Waals surface area contributed by atoms with E-state index >= 15 is 0 Å². The quantitative estimate of drug-likeness (QED) is 0.728. The van der Waals surface area contributed by atoms with Crippen LogP contribution in [0.15, 0.2) is 53.0 Å². The number of benzene rings is 2. The Hall–Kier alpha value is -2.27. The zero-order chi connectivity index (χ0) is 16.4. The number of aromatic nitrogens is 1. The molecule has 0 fully saturated rings. The van der Waals surface area contributed by atoms with Crippen molar-refractivity contribution < 1.29 is 9.18 Å². The molecule has 5 heteroatoms. The van der Waals surface area contributed by atoms with Gasteiger partial charge in [0.05, 0.1) is 22.1 Å². The summed E-state index contributed by atoms with van der Waals surface area (Å²) < 4.78 is 14.3. The molecule has 3 nitrogen and oxygen atoms in total. The van der Waals surface area contributed by atoms with E-state index < -0.39 is 5.82 Å². The number of hydrogen-bond donors (Lipinski definition) is 1. The fourth-order valence-electron chi connectivity index (χ4n) is 2.46. The van der Waals surface area contributed by atoms with Crippen LogP contribution in [0.2, 0.25) is 0 Å². The number of para-hydroxylation sites is 1. The van der Waals surface area contributed by atoms with E-state index in [1.807, 2.05) is 37.3 Å². The van der Waals surface area contributed by atoms with Gasteiger partial charge in [-0.3, -0.25) is 9.78 Å².